The first-order chi connectivity index (χ1) is 7.86. The molecule has 1 heterocycles. The summed E-state index contributed by atoms with van der Waals surface area (Å²) in [7, 11) is 0. The molecule has 2 aromatic rings. The van der Waals surface area contributed by atoms with Gasteiger partial charge in [-0.25, -0.2) is 0 Å². The van der Waals surface area contributed by atoms with Gasteiger partial charge >= 0.3 is 0 Å². The zero-order valence-electron chi connectivity index (χ0n) is 9.23. The molecule has 2 heteroatoms. The third-order valence-corrected chi connectivity index (χ3v) is 3.68. The van der Waals surface area contributed by atoms with E-state index >= 15 is 0 Å². The fourth-order valence-corrected chi connectivity index (χ4v) is 2.75. The van der Waals surface area contributed by atoms with Gasteiger partial charge in [0, 0.05) is 10.9 Å². The van der Waals surface area contributed by atoms with Crippen molar-refractivity contribution in [1.29, 1.82) is 0 Å². The molecular weight excluding hydrogens is 200 g/mol. The molecule has 0 spiro atoms. The van der Waals surface area contributed by atoms with Gasteiger partial charge in [0.1, 0.15) is 5.58 Å². The van der Waals surface area contributed by atoms with Crippen LogP contribution in [-0.4, -0.2) is 5.11 Å². The minimum Gasteiger partial charge on any atom is -0.464 e. The maximum Gasteiger partial charge on any atom is 0.134 e. The van der Waals surface area contributed by atoms with E-state index in [1.165, 1.54) is 12.8 Å². The lowest BCUT2D eigenvalue weighted by atomic mass is 9.94. The summed E-state index contributed by atoms with van der Waals surface area (Å²) in [6.45, 7) is 0. The molecule has 1 atom stereocenters. The highest BCUT2D eigenvalue weighted by atomic mass is 16.3. The molecule has 16 heavy (non-hydrogen) atoms. The van der Waals surface area contributed by atoms with Crippen molar-refractivity contribution in [2.75, 3.05) is 0 Å². The predicted octanol–water partition coefficient (Wildman–Crippen LogP) is 3.66. The highest BCUT2D eigenvalue weighted by Crippen LogP contribution is 2.38. The fraction of sp³-hybridized carbons (Fsp3) is 0.429. The molecule has 0 aliphatic heterocycles. The van der Waals surface area contributed by atoms with Crippen LogP contribution in [0.5, 0.6) is 0 Å². The van der Waals surface area contributed by atoms with Crippen LogP contribution in [0.15, 0.2) is 34.9 Å². The van der Waals surface area contributed by atoms with Gasteiger partial charge in [-0.1, -0.05) is 31.0 Å². The van der Waals surface area contributed by atoms with Gasteiger partial charge in [-0.2, -0.15) is 0 Å². The van der Waals surface area contributed by atoms with E-state index in [9.17, 15) is 5.11 Å². The van der Waals surface area contributed by atoms with Crippen molar-refractivity contribution in [2.24, 2.45) is 5.92 Å². The Labute approximate surface area is 94.9 Å². The van der Waals surface area contributed by atoms with E-state index in [1.54, 1.807) is 6.26 Å². The van der Waals surface area contributed by atoms with Crippen LogP contribution in [0.25, 0.3) is 11.0 Å². The Bertz CT molecular complexity index is 480. The number of hydrogen-bond donors (Lipinski definition) is 1. The monoisotopic (exact) mass is 216 g/mol. The Hall–Kier alpha value is -1.28. The van der Waals surface area contributed by atoms with Gasteiger partial charge in [-0.15, -0.1) is 0 Å². The van der Waals surface area contributed by atoms with E-state index < -0.39 is 0 Å². The van der Waals surface area contributed by atoms with Crippen molar-refractivity contribution < 1.29 is 9.52 Å². The molecule has 0 bridgehead atoms. The molecule has 1 unspecified atom stereocenters. The molecule has 1 aromatic heterocycles. The van der Waals surface area contributed by atoms with Crippen LogP contribution in [0.3, 0.4) is 0 Å². The molecule has 1 aliphatic rings. The van der Waals surface area contributed by atoms with Gasteiger partial charge in [0.25, 0.3) is 0 Å². The number of benzene rings is 1. The summed E-state index contributed by atoms with van der Waals surface area (Å²) in [6, 6.07) is 7.91. The van der Waals surface area contributed by atoms with Gasteiger partial charge in [0.2, 0.25) is 0 Å². The summed E-state index contributed by atoms with van der Waals surface area (Å²) in [5, 5.41) is 11.4. The lowest BCUT2D eigenvalue weighted by Gasteiger charge is -2.16. The van der Waals surface area contributed by atoms with Crippen LogP contribution >= 0.6 is 0 Å². The molecule has 0 saturated heterocycles. The lowest BCUT2D eigenvalue weighted by molar-refractivity contribution is 0.112. The Morgan fingerprint density at radius 3 is 2.75 bits per heavy atom. The van der Waals surface area contributed by atoms with Crippen LogP contribution in [0.2, 0.25) is 0 Å². The SMILES string of the molecule is OC(c1coc2ccccc12)C1CCCC1. The summed E-state index contributed by atoms with van der Waals surface area (Å²) in [5.74, 6) is 0.418. The number of aliphatic hydroxyl groups excluding tert-OH is 1. The Kier molecular flexibility index (Phi) is 2.44. The normalized spacial score (nSPS) is 19.3. The highest BCUT2D eigenvalue weighted by Gasteiger charge is 2.26. The number of rotatable bonds is 2. The second kappa shape index (κ2) is 3.95. The smallest absolute Gasteiger partial charge is 0.134 e. The van der Waals surface area contributed by atoms with Crippen molar-refractivity contribution in [3.05, 3.63) is 36.1 Å². The van der Waals surface area contributed by atoms with E-state index in [-0.39, 0.29) is 6.10 Å². The fourth-order valence-electron chi connectivity index (χ4n) is 2.75. The van der Waals surface area contributed by atoms with Crippen LogP contribution in [0.1, 0.15) is 37.4 Å². The second-order valence-electron chi connectivity index (χ2n) is 4.68. The molecule has 1 aromatic carbocycles. The quantitative estimate of drug-likeness (QED) is 0.831. The first-order valence-electron chi connectivity index (χ1n) is 6.00. The van der Waals surface area contributed by atoms with Gasteiger partial charge < -0.3 is 9.52 Å². The van der Waals surface area contributed by atoms with Crippen molar-refractivity contribution in [2.45, 2.75) is 31.8 Å². The second-order valence-corrected chi connectivity index (χ2v) is 4.68. The average Bonchev–Trinajstić information content (AvgIpc) is 2.98. The van der Waals surface area contributed by atoms with E-state index in [4.69, 9.17) is 4.42 Å². The van der Waals surface area contributed by atoms with Gasteiger partial charge in [-0.3, -0.25) is 0 Å². The molecule has 1 saturated carbocycles. The minimum absolute atomic E-state index is 0.355. The van der Waals surface area contributed by atoms with Crippen LogP contribution in [0.4, 0.5) is 0 Å². The summed E-state index contributed by atoms with van der Waals surface area (Å²) in [5.41, 5.74) is 1.83. The maximum absolute atomic E-state index is 10.3. The van der Waals surface area contributed by atoms with Crippen molar-refractivity contribution in [3.8, 4) is 0 Å². The summed E-state index contributed by atoms with van der Waals surface area (Å²) >= 11 is 0. The lowest BCUT2D eigenvalue weighted by Crippen LogP contribution is -2.08. The molecule has 1 fully saturated rings. The zero-order chi connectivity index (χ0) is 11.0. The van der Waals surface area contributed by atoms with E-state index in [1.807, 2.05) is 24.3 Å². The first kappa shape index (κ1) is 9.91. The highest BCUT2D eigenvalue weighted by molar-refractivity contribution is 5.81. The summed E-state index contributed by atoms with van der Waals surface area (Å²) in [4.78, 5) is 0. The number of furan rings is 1. The minimum atomic E-state index is -0.355. The Morgan fingerprint density at radius 1 is 1.19 bits per heavy atom. The number of hydrogen-bond acceptors (Lipinski definition) is 2. The molecule has 1 aliphatic carbocycles. The summed E-state index contributed by atoms with van der Waals surface area (Å²) < 4.78 is 5.47. The molecular formula is C14H16O2. The van der Waals surface area contributed by atoms with E-state index in [0.717, 1.165) is 29.4 Å². The molecule has 1 N–H and O–H groups in total. The predicted molar refractivity (Wildman–Crippen MR) is 63.1 cm³/mol. The standard InChI is InChI=1S/C14H16O2/c15-14(10-5-1-2-6-10)12-9-16-13-8-4-3-7-11(12)13/h3-4,7-10,14-15H,1-2,5-6H2. The van der Waals surface area contributed by atoms with Crippen molar-refractivity contribution in [1.82, 2.24) is 0 Å². The van der Waals surface area contributed by atoms with Crippen LogP contribution in [-0.2, 0) is 0 Å². The van der Waals surface area contributed by atoms with Crippen LogP contribution in [0, 0.1) is 5.92 Å². The molecule has 0 amide bonds. The van der Waals surface area contributed by atoms with Gasteiger partial charge in [0.15, 0.2) is 0 Å². The maximum atomic E-state index is 10.3. The van der Waals surface area contributed by atoms with E-state index in [0.29, 0.717) is 5.92 Å². The molecule has 84 valence electrons. The number of para-hydroxylation sites is 1. The van der Waals surface area contributed by atoms with Crippen molar-refractivity contribution >= 4 is 11.0 Å². The van der Waals surface area contributed by atoms with Crippen molar-refractivity contribution in [3.63, 3.8) is 0 Å². The third kappa shape index (κ3) is 1.54. The van der Waals surface area contributed by atoms with Crippen LogP contribution < -0.4 is 0 Å². The average molecular weight is 216 g/mol. The largest absolute Gasteiger partial charge is 0.464 e. The molecule has 3 rings (SSSR count). The molecule has 0 radical (unpaired) electrons. The molecule has 2 nitrogen and oxygen atoms in total. The van der Waals surface area contributed by atoms with E-state index in [2.05, 4.69) is 0 Å². The number of aliphatic hydroxyl groups is 1. The third-order valence-electron chi connectivity index (χ3n) is 3.68. The van der Waals surface area contributed by atoms with Gasteiger partial charge in [0.05, 0.1) is 12.4 Å². The first-order valence-corrected chi connectivity index (χ1v) is 6.00. The topological polar surface area (TPSA) is 33.4 Å². The summed E-state index contributed by atoms with van der Waals surface area (Å²) in [6.07, 6.45) is 6.13. The Balaban J connectivity index is 1.98. The zero-order valence-corrected chi connectivity index (χ0v) is 9.23. The Morgan fingerprint density at radius 2 is 1.94 bits per heavy atom. The van der Waals surface area contributed by atoms with Gasteiger partial charge in [-0.05, 0) is 24.8 Å². The number of fused-ring (bicyclic) bond motifs is 1.